The Balaban J connectivity index is 0.000000596. The number of hydrogen-bond acceptors (Lipinski definition) is 6. The van der Waals surface area contributed by atoms with Gasteiger partial charge in [-0.05, 0) is 12.5 Å². The lowest BCUT2D eigenvalue weighted by atomic mass is 9.79. The van der Waals surface area contributed by atoms with Crippen LogP contribution >= 0.6 is 0 Å². The van der Waals surface area contributed by atoms with E-state index < -0.39 is 12.0 Å². The van der Waals surface area contributed by atoms with Crippen molar-refractivity contribution < 1.29 is 24.5 Å². The van der Waals surface area contributed by atoms with E-state index in [1.807, 2.05) is 6.07 Å². The summed E-state index contributed by atoms with van der Waals surface area (Å²) >= 11 is 0. The molecule has 9 nitrogen and oxygen atoms in total. The quantitative estimate of drug-likeness (QED) is 0.480. The van der Waals surface area contributed by atoms with Gasteiger partial charge in [0.1, 0.15) is 6.04 Å². The van der Waals surface area contributed by atoms with Gasteiger partial charge in [-0.2, -0.15) is 0 Å². The van der Waals surface area contributed by atoms with Gasteiger partial charge in [0.15, 0.2) is 0 Å². The van der Waals surface area contributed by atoms with Crippen molar-refractivity contribution in [2.45, 2.75) is 25.3 Å². The molecule has 2 aliphatic heterocycles. The van der Waals surface area contributed by atoms with Crippen LogP contribution in [0.15, 0.2) is 23.0 Å². The van der Waals surface area contributed by atoms with Gasteiger partial charge in [-0.15, -0.1) is 0 Å². The average molecular weight is 381 g/mol. The molecule has 1 aromatic heterocycles. The van der Waals surface area contributed by atoms with Gasteiger partial charge in [-0.25, -0.2) is 0 Å². The summed E-state index contributed by atoms with van der Waals surface area (Å²) < 4.78 is 6.82. The molecule has 2 aliphatic rings. The third-order valence-corrected chi connectivity index (χ3v) is 4.60. The molecule has 9 heteroatoms. The number of aliphatic hydroxyl groups excluding tert-OH is 1. The number of hydrogen-bond donors (Lipinski definition) is 4. The van der Waals surface area contributed by atoms with Crippen molar-refractivity contribution in [3.05, 3.63) is 34.2 Å². The van der Waals surface area contributed by atoms with E-state index in [1.165, 1.54) is 6.07 Å². The number of pyridine rings is 1. The van der Waals surface area contributed by atoms with E-state index in [4.69, 9.17) is 19.7 Å². The number of amides is 1. The number of piperidine rings is 1. The number of ether oxygens (including phenoxy) is 1. The fourth-order valence-corrected chi connectivity index (χ4v) is 3.65. The van der Waals surface area contributed by atoms with Gasteiger partial charge in [0.25, 0.3) is 11.5 Å². The maximum Gasteiger partial charge on any atom is 0.300 e. The van der Waals surface area contributed by atoms with Crippen LogP contribution < -0.4 is 16.2 Å². The number of carboxylic acid groups (broad SMARTS) is 1. The molecule has 0 saturated carbocycles. The Hall–Kier alpha value is -2.23. The molecule has 1 fully saturated rings. The second kappa shape index (κ2) is 10.2. The first kappa shape index (κ1) is 21.1. The van der Waals surface area contributed by atoms with Crippen molar-refractivity contribution >= 4 is 11.9 Å². The van der Waals surface area contributed by atoms with Crippen LogP contribution in [0, 0.1) is 5.92 Å². The highest BCUT2D eigenvalue weighted by atomic mass is 16.5. The minimum atomic E-state index is -0.833. The molecule has 0 aliphatic carbocycles. The first-order valence-electron chi connectivity index (χ1n) is 9.03. The largest absolute Gasteiger partial charge is 0.481 e. The first-order chi connectivity index (χ1) is 13.0. The lowest BCUT2D eigenvalue weighted by molar-refractivity contribution is -0.134. The number of fused-ring (bicyclic) bond motifs is 4. The molecular weight excluding hydrogens is 354 g/mol. The zero-order valence-electron chi connectivity index (χ0n) is 15.4. The van der Waals surface area contributed by atoms with Gasteiger partial charge >= 0.3 is 0 Å². The van der Waals surface area contributed by atoms with Crippen LogP contribution in [0.3, 0.4) is 0 Å². The highest BCUT2D eigenvalue weighted by Gasteiger charge is 2.41. The topological polar surface area (TPSA) is 130 Å². The predicted octanol–water partition coefficient (Wildman–Crippen LogP) is -0.688. The molecule has 0 spiro atoms. The second-order valence-corrected chi connectivity index (χ2v) is 6.60. The summed E-state index contributed by atoms with van der Waals surface area (Å²) in [6.07, 6.45) is 0.926. The fourth-order valence-electron chi connectivity index (χ4n) is 3.65. The predicted molar refractivity (Wildman–Crippen MR) is 97.7 cm³/mol. The van der Waals surface area contributed by atoms with Gasteiger partial charge in [-0.1, -0.05) is 6.07 Å². The Bertz CT molecular complexity index is 701. The summed E-state index contributed by atoms with van der Waals surface area (Å²) in [6, 6.07) is 4.75. The highest BCUT2D eigenvalue weighted by molar-refractivity contribution is 5.81. The van der Waals surface area contributed by atoms with Gasteiger partial charge in [0.2, 0.25) is 5.91 Å². The number of carboxylic acids is 1. The van der Waals surface area contributed by atoms with Gasteiger partial charge in [0.05, 0.1) is 19.8 Å². The lowest BCUT2D eigenvalue weighted by Crippen LogP contribution is -2.52. The third-order valence-electron chi connectivity index (χ3n) is 4.60. The number of carbonyl (C=O) groups excluding carboxylic acids is 1. The van der Waals surface area contributed by atoms with E-state index in [9.17, 15) is 9.59 Å². The van der Waals surface area contributed by atoms with E-state index in [-0.39, 0.29) is 30.6 Å². The Morgan fingerprint density at radius 2 is 2.07 bits per heavy atom. The van der Waals surface area contributed by atoms with Crippen LogP contribution in [0.2, 0.25) is 0 Å². The van der Waals surface area contributed by atoms with Crippen LogP contribution in [-0.2, 0) is 14.3 Å². The Kier molecular flexibility index (Phi) is 7.96. The third kappa shape index (κ3) is 5.62. The summed E-state index contributed by atoms with van der Waals surface area (Å²) in [7, 11) is 0. The molecule has 1 amide bonds. The molecular formula is C18H27N3O6. The highest BCUT2D eigenvalue weighted by Crippen LogP contribution is 2.38. The van der Waals surface area contributed by atoms with E-state index in [0.29, 0.717) is 19.1 Å². The molecule has 3 atom stereocenters. The summed E-state index contributed by atoms with van der Waals surface area (Å²) in [6.45, 7) is 3.63. The molecule has 0 radical (unpaired) electrons. The van der Waals surface area contributed by atoms with Crippen molar-refractivity contribution in [3.63, 3.8) is 0 Å². The first-order valence-corrected chi connectivity index (χ1v) is 9.03. The van der Waals surface area contributed by atoms with Gasteiger partial charge in [0, 0.05) is 50.2 Å². The SMILES string of the molecule is CC(=O)O.O=C(NCCOCCO)[C@H]1[C@@H]2CNC[C@@H](C2)c2cccc(=O)n21. The molecule has 27 heavy (non-hydrogen) atoms. The minimum absolute atomic E-state index is 0.0333. The molecule has 1 aromatic rings. The number of aromatic nitrogens is 1. The maximum atomic E-state index is 12.6. The molecule has 2 bridgehead atoms. The average Bonchev–Trinajstić information content (AvgIpc) is 2.62. The molecule has 150 valence electrons. The van der Waals surface area contributed by atoms with Crippen LogP contribution in [0.25, 0.3) is 0 Å². The van der Waals surface area contributed by atoms with Gasteiger partial charge in [-0.3, -0.25) is 19.0 Å². The van der Waals surface area contributed by atoms with E-state index in [1.54, 1.807) is 10.6 Å². The minimum Gasteiger partial charge on any atom is -0.481 e. The number of nitrogens with zero attached hydrogens (tertiary/aromatic N) is 1. The van der Waals surface area contributed by atoms with Crippen molar-refractivity contribution in [3.8, 4) is 0 Å². The Morgan fingerprint density at radius 1 is 1.33 bits per heavy atom. The number of nitrogens with one attached hydrogen (secondary N) is 2. The van der Waals surface area contributed by atoms with Crippen LogP contribution in [0.4, 0.5) is 0 Å². The van der Waals surface area contributed by atoms with E-state index in [2.05, 4.69) is 10.6 Å². The fraction of sp³-hybridized carbons (Fsp3) is 0.611. The number of rotatable bonds is 6. The van der Waals surface area contributed by atoms with Crippen LogP contribution in [-0.4, -0.2) is 66.1 Å². The van der Waals surface area contributed by atoms with Crippen molar-refractivity contribution in [2.75, 3.05) is 39.5 Å². The zero-order valence-corrected chi connectivity index (χ0v) is 15.4. The van der Waals surface area contributed by atoms with Crippen molar-refractivity contribution in [1.82, 2.24) is 15.2 Å². The van der Waals surface area contributed by atoms with Crippen LogP contribution in [0.5, 0.6) is 0 Å². The van der Waals surface area contributed by atoms with E-state index >= 15 is 0 Å². The van der Waals surface area contributed by atoms with Gasteiger partial charge < -0.3 is 25.6 Å². The molecule has 0 unspecified atom stereocenters. The van der Waals surface area contributed by atoms with Crippen molar-refractivity contribution in [1.29, 1.82) is 0 Å². The molecule has 0 aromatic carbocycles. The smallest absolute Gasteiger partial charge is 0.300 e. The lowest BCUT2D eigenvalue weighted by Gasteiger charge is -2.42. The summed E-state index contributed by atoms with van der Waals surface area (Å²) in [5.41, 5.74) is 0.827. The zero-order chi connectivity index (χ0) is 19.8. The Morgan fingerprint density at radius 3 is 2.78 bits per heavy atom. The normalized spacial score (nSPS) is 22.8. The Labute approximate surface area is 157 Å². The molecule has 4 N–H and O–H groups in total. The second-order valence-electron chi connectivity index (χ2n) is 6.60. The van der Waals surface area contributed by atoms with E-state index in [0.717, 1.165) is 32.1 Å². The van der Waals surface area contributed by atoms with Crippen molar-refractivity contribution in [2.24, 2.45) is 5.92 Å². The standard InChI is InChI=1S/C16H23N3O4.C2H4O2/c20-5-7-23-6-4-18-16(22)15-12-8-11(9-17-10-12)13-2-1-3-14(21)19(13)15;1-2(3)4/h1-3,11-12,15,17,20H,4-10H2,(H,18,22);1H3,(H,3,4)/t11-,12+,15-;/m1./s1. The summed E-state index contributed by atoms with van der Waals surface area (Å²) in [5, 5.41) is 22.3. The maximum absolute atomic E-state index is 12.6. The summed E-state index contributed by atoms with van der Waals surface area (Å²) in [4.78, 5) is 34.0. The molecule has 3 rings (SSSR count). The molecule has 3 heterocycles. The summed E-state index contributed by atoms with van der Waals surface area (Å²) in [5.74, 6) is -0.557. The van der Waals surface area contributed by atoms with Crippen LogP contribution in [0.1, 0.15) is 31.0 Å². The monoisotopic (exact) mass is 381 g/mol. The number of aliphatic carboxylic acids is 1. The number of carbonyl (C=O) groups is 2. The molecule has 1 saturated heterocycles. The number of aliphatic hydroxyl groups is 1.